The fraction of sp³-hybridized carbons (Fsp3) is 0.706. The molecule has 0 aliphatic rings. The first-order valence-electron chi connectivity index (χ1n) is 8.15. The largest absolute Gasteiger partial charge is 0.489 e. The monoisotopic (exact) mass is 312 g/mol. The number of aldehydes is 1. The Balaban J connectivity index is 2.40. The van der Waals surface area contributed by atoms with Crippen LogP contribution in [0.4, 0.5) is 0 Å². The molecule has 1 heterocycles. The Hall–Kier alpha value is -1.03. The summed E-state index contributed by atoms with van der Waals surface area (Å²) in [6, 6.07) is 0. The van der Waals surface area contributed by atoms with Crippen LogP contribution in [0.5, 0.6) is 11.5 Å². The molecule has 0 aliphatic carbocycles. The van der Waals surface area contributed by atoms with E-state index in [9.17, 15) is 4.79 Å². The van der Waals surface area contributed by atoms with Crippen LogP contribution in [0.15, 0.2) is 5.38 Å². The summed E-state index contributed by atoms with van der Waals surface area (Å²) in [6.45, 7) is 5.74. The Kier molecular flexibility index (Phi) is 9.96. The van der Waals surface area contributed by atoms with Crippen molar-refractivity contribution >= 4 is 17.6 Å². The number of hydrogen-bond donors (Lipinski definition) is 0. The van der Waals surface area contributed by atoms with Gasteiger partial charge >= 0.3 is 0 Å². The predicted molar refractivity (Wildman–Crippen MR) is 89.0 cm³/mol. The van der Waals surface area contributed by atoms with Crippen LogP contribution in [-0.2, 0) is 0 Å². The van der Waals surface area contributed by atoms with Gasteiger partial charge in [-0.3, -0.25) is 4.79 Å². The molecule has 0 amide bonds. The van der Waals surface area contributed by atoms with Gasteiger partial charge in [0.25, 0.3) is 0 Å². The van der Waals surface area contributed by atoms with E-state index in [1.807, 2.05) is 5.38 Å². The topological polar surface area (TPSA) is 35.5 Å². The lowest BCUT2D eigenvalue weighted by atomic mass is 10.2. The maximum absolute atomic E-state index is 11.1. The fourth-order valence-corrected chi connectivity index (χ4v) is 2.81. The summed E-state index contributed by atoms with van der Waals surface area (Å²) in [6.07, 6.45) is 10.2. The summed E-state index contributed by atoms with van der Waals surface area (Å²) in [5.41, 5.74) is 0. The van der Waals surface area contributed by atoms with E-state index in [1.54, 1.807) is 0 Å². The minimum atomic E-state index is 0.633. The van der Waals surface area contributed by atoms with Crippen LogP contribution in [0.1, 0.15) is 74.9 Å². The predicted octanol–water partition coefficient (Wildman–Crippen LogP) is 5.48. The van der Waals surface area contributed by atoms with Gasteiger partial charge in [-0.2, -0.15) is 0 Å². The van der Waals surface area contributed by atoms with Crippen molar-refractivity contribution < 1.29 is 14.3 Å². The van der Waals surface area contributed by atoms with Crippen molar-refractivity contribution in [3.05, 3.63) is 10.3 Å². The molecule has 0 unspecified atom stereocenters. The van der Waals surface area contributed by atoms with E-state index in [0.29, 0.717) is 23.8 Å². The Morgan fingerprint density at radius 3 is 2.14 bits per heavy atom. The van der Waals surface area contributed by atoms with Crippen molar-refractivity contribution in [2.75, 3.05) is 13.2 Å². The second-order valence-corrected chi connectivity index (χ2v) is 6.14. The number of ether oxygens (including phenoxy) is 2. The minimum absolute atomic E-state index is 0.633. The molecule has 120 valence electrons. The minimum Gasteiger partial charge on any atom is -0.489 e. The molecule has 0 N–H and O–H groups in total. The number of rotatable bonds is 13. The van der Waals surface area contributed by atoms with E-state index in [-0.39, 0.29) is 0 Å². The van der Waals surface area contributed by atoms with Crippen molar-refractivity contribution in [3.63, 3.8) is 0 Å². The molecule has 3 nitrogen and oxygen atoms in total. The van der Waals surface area contributed by atoms with Crippen LogP contribution in [0.3, 0.4) is 0 Å². The third-order valence-corrected chi connectivity index (χ3v) is 4.21. The molecule has 1 rings (SSSR count). The molecule has 21 heavy (non-hydrogen) atoms. The molecule has 0 saturated carbocycles. The molecule has 0 fully saturated rings. The van der Waals surface area contributed by atoms with Crippen molar-refractivity contribution in [3.8, 4) is 11.5 Å². The molecule has 1 aromatic rings. The van der Waals surface area contributed by atoms with Gasteiger partial charge in [-0.1, -0.05) is 52.4 Å². The zero-order valence-corrected chi connectivity index (χ0v) is 14.2. The number of carbonyl (C=O) groups excluding carboxylic acids is 1. The lowest BCUT2D eigenvalue weighted by Crippen LogP contribution is -2.02. The zero-order valence-electron chi connectivity index (χ0n) is 13.4. The van der Waals surface area contributed by atoms with Gasteiger partial charge in [0.15, 0.2) is 17.8 Å². The summed E-state index contributed by atoms with van der Waals surface area (Å²) < 4.78 is 11.5. The first-order valence-corrected chi connectivity index (χ1v) is 9.03. The molecular formula is C17H28O3S. The fourth-order valence-electron chi connectivity index (χ4n) is 2.08. The Morgan fingerprint density at radius 2 is 1.57 bits per heavy atom. The molecular weight excluding hydrogens is 284 g/mol. The molecule has 0 radical (unpaired) electrons. The zero-order chi connectivity index (χ0) is 15.3. The molecule has 4 heteroatoms. The highest BCUT2D eigenvalue weighted by molar-refractivity contribution is 7.12. The normalized spacial score (nSPS) is 10.6. The lowest BCUT2D eigenvalue weighted by Gasteiger charge is -2.10. The van der Waals surface area contributed by atoms with Crippen LogP contribution in [0.25, 0.3) is 0 Å². The molecule has 0 saturated heterocycles. The van der Waals surface area contributed by atoms with Crippen LogP contribution >= 0.6 is 11.3 Å². The highest BCUT2D eigenvalue weighted by Gasteiger charge is 2.14. The second-order valence-electron chi connectivity index (χ2n) is 5.23. The van der Waals surface area contributed by atoms with E-state index < -0.39 is 0 Å². The quantitative estimate of drug-likeness (QED) is 0.357. The summed E-state index contributed by atoms with van der Waals surface area (Å²) >= 11 is 1.39. The third kappa shape index (κ3) is 6.98. The first-order chi connectivity index (χ1) is 10.3. The third-order valence-electron chi connectivity index (χ3n) is 3.35. The van der Waals surface area contributed by atoms with Gasteiger partial charge in [0.1, 0.15) is 4.88 Å². The van der Waals surface area contributed by atoms with Gasteiger partial charge in [-0.25, -0.2) is 0 Å². The highest BCUT2D eigenvalue weighted by Crippen LogP contribution is 2.36. The van der Waals surface area contributed by atoms with E-state index in [4.69, 9.17) is 9.47 Å². The summed E-state index contributed by atoms with van der Waals surface area (Å²) in [5.74, 6) is 1.37. The van der Waals surface area contributed by atoms with Crippen LogP contribution < -0.4 is 9.47 Å². The molecule has 0 spiro atoms. The number of unbranched alkanes of at least 4 members (excludes halogenated alkanes) is 6. The van der Waals surface area contributed by atoms with Gasteiger partial charge in [0.2, 0.25) is 0 Å². The number of carbonyl (C=O) groups is 1. The maximum atomic E-state index is 11.1. The lowest BCUT2D eigenvalue weighted by molar-refractivity contribution is 0.112. The van der Waals surface area contributed by atoms with Crippen LogP contribution in [-0.4, -0.2) is 19.5 Å². The average Bonchev–Trinajstić information content (AvgIpc) is 2.89. The molecule has 1 aromatic heterocycles. The van der Waals surface area contributed by atoms with Gasteiger partial charge in [0, 0.05) is 5.38 Å². The van der Waals surface area contributed by atoms with E-state index >= 15 is 0 Å². The van der Waals surface area contributed by atoms with E-state index in [1.165, 1.54) is 49.9 Å². The maximum Gasteiger partial charge on any atom is 0.182 e. The Labute approximate surface area is 132 Å². The Morgan fingerprint density at radius 1 is 0.952 bits per heavy atom. The summed E-state index contributed by atoms with van der Waals surface area (Å²) in [7, 11) is 0. The van der Waals surface area contributed by atoms with Gasteiger partial charge < -0.3 is 9.47 Å². The van der Waals surface area contributed by atoms with Crippen LogP contribution in [0.2, 0.25) is 0 Å². The van der Waals surface area contributed by atoms with Gasteiger partial charge in [0.05, 0.1) is 13.2 Å². The van der Waals surface area contributed by atoms with Crippen molar-refractivity contribution in [2.24, 2.45) is 0 Å². The summed E-state index contributed by atoms with van der Waals surface area (Å²) in [5, 5.41) is 1.88. The SMILES string of the molecule is CCCCCCOc1csc(C=O)c1OCCCCCC. The second kappa shape index (κ2) is 11.6. The van der Waals surface area contributed by atoms with E-state index in [2.05, 4.69) is 13.8 Å². The summed E-state index contributed by atoms with van der Waals surface area (Å²) in [4.78, 5) is 11.7. The molecule has 0 bridgehead atoms. The van der Waals surface area contributed by atoms with Crippen molar-refractivity contribution in [2.45, 2.75) is 65.2 Å². The van der Waals surface area contributed by atoms with Crippen LogP contribution in [0, 0.1) is 0 Å². The van der Waals surface area contributed by atoms with Gasteiger partial charge in [-0.05, 0) is 12.8 Å². The van der Waals surface area contributed by atoms with Crippen molar-refractivity contribution in [1.29, 1.82) is 0 Å². The Bertz CT molecular complexity index is 387. The molecule has 0 atom stereocenters. The molecule has 0 aromatic carbocycles. The first kappa shape index (κ1) is 18.0. The highest BCUT2D eigenvalue weighted by atomic mass is 32.1. The van der Waals surface area contributed by atoms with Gasteiger partial charge in [-0.15, -0.1) is 11.3 Å². The smallest absolute Gasteiger partial charge is 0.182 e. The van der Waals surface area contributed by atoms with E-state index in [0.717, 1.165) is 24.9 Å². The molecule has 0 aliphatic heterocycles. The average molecular weight is 312 g/mol. The standard InChI is InChI=1S/C17H28O3S/c1-3-5-7-9-11-19-15-14-21-16(13-18)17(15)20-12-10-8-6-4-2/h13-14H,3-12H2,1-2H3. The van der Waals surface area contributed by atoms with Crippen molar-refractivity contribution in [1.82, 2.24) is 0 Å². The number of thiophene rings is 1. The number of hydrogen-bond acceptors (Lipinski definition) is 4.